The molecule has 17 heavy (non-hydrogen) atoms. The quantitative estimate of drug-likeness (QED) is 0.841. The summed E-state index contributed by atoms with van der Waals surface area (Å²) in [6, 6.07) is 8.29. The van der Waals surface area contributed by atoms with Gasteiger partial charge in [-0.05, 0) is 36.9 Å². The first kappa shape index (κ1) is 12.8. The highest BCUT2D eigenvalue weighted by Crippen LogP contribution is 2.25. The normalized spacial score (nSPS) is 19.5. The zero-order valence-corrected chi connectivity index (χ0v) is 11.4. The molecule has 0 N–H and O–H groups in total. The van der Waals surface area contributed by atoms with E-state index in [1.54, 1.807) is 6.07 Å². The third-order valence-electron chi connectivity index (χ3n) is 3.13. The summed E-state index contributed by atoms with van der Waals surface area (Å²) in [7, 11) is 2.14. The number of hydrogen-bond donors (Lipinski definition) is 0. The summed E-state index contributed by atoms with van der Waals surface area (Å²) in [6.45, 7) is 0.857. The number of hydrogen-bond acceptors (Lipinski definition) is 3. The van der Waals surface area contributed by atoms with Gasteiger partial charge < -0.3 is 0 Å². The highest BCUT2D eigenvalue weighted by molar-refractivity contribution is 7.99. The van der Waals surface area contributed by atoms with Gasteiger partial charge in [0.2, 0.25) is 0 Å². The first-order valence-corrected chi connectivity index (χ1v) is 7.20. The zero-order valence-electron chi connectivity index (χ0n) is 9.82. The molecule has 0 saturated carbocycles. The molecule has 1 fully saturated rings. The Morgan fingerprint density at radius 1 is 1.59 bits per heavy atom. The third kappa shape index (κ3) is 3.16. The predicted molar refractivity (Wildman–Crippen MR) is 73.4 cm³/mol. The van der Waals surface area contributed by atoms with Crippen molar-refractivity contribution in [2.24, 2.45) is 0 Å². The minimum Gasteiger partial charge on any atom is -0.298 e. The second-order valence-electron chi connectivity index (χ2n) is 4.35. The lowest BCUT2D eigenvalue weighted by molar-refractivity contribution is 0.254. The summed E-state index contributed by atoms with van der Waals surface area (Å²) in [5.74, 6) is 2.47. The van der Waals surface area contributed by atoms with Gasteiger partial charge in [-0.25, -0.2) is 0 Å². The minimum atomic E-state index is 0.623. The number of rotatable bonds is 3. The molecule has 1 unspecified atom stereocenters. The van der Waals surface area contributed by atoms with Crippen LogP contribution in [0, 0.1) is 11.3 Å². The van der Waals surface area contributed by atoms with Gasteiger partial charge in [0.05, 0.1) is 11.6 Å². The Balaban J connectivity index is 2.05. The van der Waals surface area contributed by atoms with Crippen molar-refractivity contribution >= 4 is 23.4 Å². The largest absolute Gasteiger partial charge is 0.298 e. The van der Waals surface area contributed by atoms with Crippen LogP contribution < -0.4 is 0 Å². The van der Waals surface area contributed by atoms with Gasteiger partial charge in [0.15, 0.2) is 0 Å². The van der Waals surface area contributed by atoms with E-state index in [4.69, 9.17) is 16.9 Å². The van der Waals surface area contributed by atoms with Gasteiger partial charge in [-0.2, -0.15) is 17.0 Å². The van der Waals surface area contributed by atoms with E-state index < -0.39 is 0 Å². The van der Waals surface area contributed by atoms with E-state index in [9.17, 15) is 0 Å². The van der Waals surface area contributed by atoms with E-state index in [0.29, 0.717) is 16.6 Å². The molecule has 0 spiro atoms. The predicted octanol–water partition coefficient (Wildman–Crippen LogP) is 3.15. The monoisotopic (exact) mass is 266 g/mol. The molecule has 4 heteroatoms. The lowest BCUT2D eigenvalue weighted by Crippen LogP contribution is -2.30. The van der Waals surface area contributed by atoms with Crippen molar-refractivity contribution in [2.75, 3.05) is 18.6 Å². The van der Waals surface area contributed by atoms with Crippen LogP contribution in [0.15, 0.2) is 18.2 Å². The van der Waals surface area contributed by atoms with E-state index in [1.165, 1.54) is 17.9 Å². The minimum absolute atomic E-state index is 0.623. The SMILES string of the molecule is CN(Cc1ccc(C#N)cc1Cl)C1CCSC1. The maximum Gasteiger partial charge on any atom is 0.0992 e. The van der Waals surface area contributed by atoms with Crippen molar-refractivity contribution in [3.63, 3.8) is 0 Å². The van der Waals surface area contributed by atoms with E-state index in [1.807, 2.05) is 23.9 Å². The summed E-state index contributed by atoms with van der Waals surface area (Å²) in [5.41, 5.74) is 1.72. The summed E-state index contributed by atoms with van der Waals surface area (Å²) in [5, 5.41) is 9.48. The second kappa shape index (κ2) is 5.77. The van der Waals surface area contributed by atoms with Crippen LogP contribution in [0.1, 0.15) is 17.5 Å². The number of nitriles is 1. The van der Waals surface area contributed by atoms with Crippen LogP contribution in [0.2, 0.25) is 5.02 Å². The molecule has 0 aliphatic carbocycles. The Morgan fingerprint density at radius 3 is 3.00 bits per heavy atom. The van der Waals surface area contributed by atoms with Gasteiger partial charge in [-0.1, -0.05) is 17.7 Å². The van der Waals surface area contributed by atoms with E-state index in [0.717, 1.165) is 12.1 Å². The fourth-order valence-corrected chi connectivity index (χ4v) is 3.55. The Morgan fingerprint density at radius 2 is 2.41 bits per heavy atom. The smallest absolute Gasteiger partial charge is 0.0992 e. The molecule has 1 aliphatic rings. The molecular weight excluding hydrogens is 252 g/mol. The van der Waals surface area contributed by atoms with E-state index in [2.05, 4.69) is 18.0 Å². The van der Waals surface area contributed by atoms with Gasteiger partial charge in [0.25, 0.3) is 0 Å². The van der Waals surface area contributed by atoms with Gasteiger partial charge in [0, 0.05) is 23.4 Å². The summed E-state index contributed by atoms with van der Waals surface area (Å²) < 4.78 is 0. The average Bonchev–Trinajstić information content (AvgIpc) is 2.85. The lowest BCUT2D eigenvalue weighted by Gasteiger charge is -2.23. The molecule has 90 valence electrons. The van der Waals surface area contributed by atoms with Crippen molar-refractivity contribution < 1.29 is 0 Å². The molecule has 0 aromatic heterocycles. The molecule has 1 atom stereocenters. The molecule has 0 amide bonds. The number of nitrogens with zero attached hydrogens (tertiary/aromatic N) is 2. The maximum atomic E-state index is 8.79. The van der Waals surface area contributed by atoms with Gasteiger partial charge in [0.1, 0.15) is 0 Å². The average molecular weight is 267 g/mol. The topological polar surface area (TPSA) is 27.0 Å². The van der Waals surface area contributed by atoms with Crippen molar-refractivity contribution in [1.29, 1.82) is 5.26 Å². The van der Waals surface area contributed by atoms with Gasteiger partial charge >= 0.3 is 0 Å². The molecule has 0 bridgehead atoms. The van der Waals surface area contributed by atoms with Gasteiger partial charge in [-0.15, -0.1) is 0 Å². The van der Waals surface area contributed by atoms with Crippen molar-refractivity contribution in [1.82, 2.24) is 4.90 Å². The maximum absolute atomic E-state index is 8.79. The standard InChI is InChI=1S/C13H15ClN2S/c1-16(12-4-5-17-9-12)8-11-3-2-10(7-15)6-13(11)14/h2-3,6,12H,4-5,8-9H2,1H3. The first-order valence-electron chi connectivity index (χ1n) is 5.67. The molecular formula is C13H15ClN2S. The van der Waals surface area contributed by atoms with Crippen LogP contribution in [-0.2, 0) is 6.54 Å². The van der Waals surface area contributed by atoms with Crippen molar-refractivity contribution in [3.05, 3.63) is 34.3 Å². The molecule has 2 nitrogen and oxygen atoms in total. The van der Waals surface area contributed by atoms with E-state index >= 15 is 0 Å². The van der Waals surface area contributed by atoms with Crippen LogP contribution in [0.3, 0.4) is 0 Å². The number of thioether (sulfide) groups is 1. The van der Waals surface area contributed by atoms with Crippen LogP contribution in [0.5, 0.6) is 0 Å². The second-order valence-corrected chi connectivity index (χ2v) is 5.91. The molecule has 1 saturated heterocycles. The summed E-state index contributed by atoms with van der Waals surface area (Å²) >= 11 is 8.19. The summed E-state index contributed by atoms with van der Waals surface area (Å²) in [4.78, 5) is 2.35. The summed E-state index contributed by atoms with van der Waals surface area (Å²) in [6.07, 6.45) is 1.26. The highest BCUT2D eigenvalue weighted by Gasteiger charge is 2.20. The lowest BCUT2D eigenvalue weighted by atomic mass is 10.1. The molecule has 1 heterocycles. The number of halogens is 1. The van der Waals surface area contributed by atoms with Crippen LogP contribution >= 0.6 is 23.4 Å². The third-order valence-corrected chi connectivity index (χ3v) is 4.63. The Labute approximate surface area is 112 Å². The molecule has 1 aromatic carbocycles. The molecule has 2 rings (SSSR count). The molecule has 0 radical (unpaired) electrons. The van der Waals surface area contributed by atoms with Gasteiger partial charge in [-0.3, -0.25) is 4.90 Å². The number of benzene rings is 1. The Hall–Kier alpha value is -0.690. The van der Waals surface area contributed by atoms with Crippen LogP contribution in [0.25, 0.3) is 0 Å². The first-order chi connectivity index (χ1) is 8.20. The highest BCUT2D eigenvalue weighted by atomic mass is 35.5. The van der Waals surface area contributed by atoms with Crippen LogP contribution in [0.4, 0.5) is 0 Å². The molecule has 1 aromatic rings. The Bertz CT molecular complexity index is 436. The van der Waals surface area contributed by atoms with Crippen molar-refractivity contribution in [2.45, 2.75) is 19.0 Å². The molecule has 1 aliphatic heterocycles. The van der Waals surface area contributed by atoms with Crippen molar-refractivity contribution in [3.8, 4) is 6.07 Å². The fourth-order valence-electron chi connectivity index (χ4n) is 2.01. The Kier molecular flexibility index (Phi) is 4.33. The fraction of sp³-hybridized carbons (Fsp3) is 0.462. The van der Waals surface area contributed by atoms with E-state index in [-0.39, 0.29) is 0 Å². The van der Waals surface area contributed by atoms with Crippen LogP contribution in [-0.4, -0.2) is 29.5 Å². The zero-order chi connectivity index (χ0) is 12.3.